The summed E-state index contributed by atoms with van der Waals surface area (Å²) in [5, 5.41) is 0. The smallest absolute Gasteiger partial charge is 0.338 e. The largest absolute Gasteiger partial charge is 0.493 e. The van der Waals surface area contributed by atoms with Crippen molar-refractivity contribution in [2.75, 3.05) is 21.3 Å². The number of ether oxygens (including phenoxy) is 4. The molecule has 0 bridgehead atoms. The summed E-state index contributed by atoms with van der Waals surface area (Å²) < 4.78 is 23.3. The second-order valence-electron chi connectivity index (χ2n) is 9.37. The van der Waals surface area contributed by atoms with Gasteiger partial charge in [-0.25, -0.2) is 14.6 Å². The van der Waals surface area contributed by atoms with E-state index in [1.54, 1.807) is 56.5 Å². The van der Waals surface area contributed by atoms with Gasteiger partial charge in [-0.3, -0.25) is 9.36 Å². The SMILES string of the molecule is COC(=O)C1=C(C)N=c2sc(=Cc3ccc(OCc4ccccc4)c(OC)c3)c(=O)n2C1c1ccc(C(=O)OC)cc1. The topological polar surface area (TPSA) is 105 Å². The summed E-state index contributed by atoms with van der Waals surface area (Å²) in [6, 6.07) is 21.0. The Kier molecular flexibility index (Phi) is 8.35. The number of methoxy groups -OCH3 is 3. The monoisotopic (exact) mass is 584 g/mol. The lowest BCUT2D eigenvalue weighted by Gasteiger charge is -2.24. The molecule has 1 aliphatic rings. The summed E-state index contributed by atoms with van der Waals surface area (Å²) in [4.78, 5) is 43.7. The molecule has 5 rings (SSSR count). The van der Waals surface area contributed by atoms with E-state index in [0.29, 0.717) is 44.3 Å². The van der Waals surface area contributed by atoms with Gasteiger partial charge in [0.2, 0.25) is 0 Å². The average molecular weight is 585 g/mol. The molecule has 0 aliphatic carbocycles. The minimum atomic E-state index is -0.800. The van der Waals surface area contributed by atoms with E-state index in [2.05, 4.69) is 4.99 Å². The molecule has 0 saturated heterocycles. The van der Waals surface area contributed by atoms with Gasteiger partial charge < -0.3 is 18.9 Å². The summed E-state index contributed by atoms with van der Waals surface area (Å²) >= 11 is 1.21. The highest BCUT2D eigenvalue weighted by molar-refractivity contribution is 7.07. The van der Waals surface area contributed by atoms with Crippen LogP contribution in [0.5, 0.6) is 11.5 Å². The highest BCUT2D eigenvalue weighted by atomic mass is 32.1. The normalized spacial score (nSPS) is 14.6. The molecule has 1 aromatic heterocycles. The molecule has 0 amide bonds. The molecule has 0 spiro atoms. The van der Waals surface area contributed by atoms with E-state index in [0.717, 1.165) is 11.1 Å². The second kappa shape index (κ2) is 12.3. The van der Waals surface area contributed by atoms with E-state index in [4.69, 9.17) is 18.9 Å². The van der Waals surface area contributed by atoms with E-state index < -0.39 is 18.0 Å². The van der Waals surface area contributed by atoms with Crippen LogP contribution in [0, 0.1) is 0 Å². The van der Waals surface area contributed by atoms with E-state index in [1.807, 2.05) is 36.4 Å². The molecule has 0 radical (unpaired) electrons. The molecule has 1 aliphatic heterocycles. The minimum Gasteiger partial charge on any atom is -0.493 e. The number of hydrogen-bond acceptors (Lipinski definition) is 9. The standard InChI is InChI=1S/C32H28N2O7S/c1-19-27(31(37)40-4)28(22-11-13-23(14-12-22)30(36)39-3)34-29(35)26(42-32(34)33-19)17-21-10-15-24(25(16-21)38-2)41-18-20-8-6-5-7-9-20/h5-17,28H,18H2,1-4H3. The fourth-order valence-corrected chi connectivity index (χ4v) is 5.75. The Morgan fingerprint density at radius 2 is 1.64 bits per heavy atom. The van der Waals surface area contributed by atoms with Crippen molar-refractivity contribution < 1.29 is 28.5 Å². The van der Waals surface area contributed by atoms with Gasteiger partial charge in [-0.2, -0.15) is 0 Å². The number of carbonyl (C=O) groups is 2. The van der Waals surface area contributed by atoms with Crippen LogP contribution in [0.4, 0.5) is 0 Å². The zero-order valence-corrected chi connectivity index (χ0v) is 24.3. The van der Waals surface area contributed by atoms with E-state index in [-0.39, 0.29) is 11.1 Å². The summed E-state index contributed by atoms with van der Waals surface area (Å²) in [5.74, 6) is 0.0225. The van der Waals surface area contributed by atoms with E-state index in [9.17, 15) is 14.4 Å². The van der Waals surface area contributed by atoms with Gasteiger partial charge in [0.1, 0.15) is 6.61 Å². The van der Waals surface area contributed by atoms with Crippen molar-refractivity contribution in [3.8, 4) is 11.5 Å². The maximum atomic E-state index is 13.8. The van der Waals surface area contributed by atoms with Crippen molar-refractivity contribution >= 4 is 29.4 Å². The number of carbonyl (C=O) groups excluding carboxylic acids is 2. The number of nitrogens with zero attached hydrogens (tertiary/aromatic N) is 2. The number of fused-ring (bicyclic) bond motifs is 1. The lowest BCUT2D eigenvalue weighted by atomic mass is 9.95. The van der Waals surface area contributed by atoms with Crippen LogP contribution in [-0.2, 0) is 20.9 Å². The van der Waals surface area contributed by atoms with Crippen molar-refractivity contribution in [2.24, 2.45) is 4.99 Å². The van der Waals surface area contributed by atoms with Crippen LogP contribution in [-0.4, -0.2) is 37.8 Å². The summed E-state index contributed by atoms with van der Waals surface area (Å²) in [5.41, 5.74) is 3.08. The van der Waals surface area contributed by atoms with Crippen LogP contribution in [0.1, 0.15) is 40.0 Å². The Balaban J connectivity index is 1.55. The van der Waals surface area contributed by atoms with Gasteiger partial charge in [-0.1, -0.05) is 59.9 Å². The van der Waals surface area contributed by atoms with Crippen molar-refractivity contribution in [3.05, 3.63) is 126 Å². The summed E-state index contributed by atoms with van der Waals surface area (Å²) in [6.07, 6.45) is 1.75. The third-order valence-corrected chi connectivity index (χ3v) is 7.78. The van der Waals surface area contributed by atoms with Gasteiger partial charge in [-0.05, 0) is 54.0 Å². The minimum absolute atomic E-state index is 0.240. The quantitative estimate of drug-likeness (QED) is 0.290. The molecule has 1 atom stereocenters. The molecule has 2 heterocycles. The molecule has 214 valence electrons. The van der Waals surface area contributed by atoms with Crippen LogP contribution in [0.2, 0.25) is 0 Å². The molecule has 3 aromatic carbocycles. The van der Waals surface area contributed by atoms with Gasteiger partial charge in [0.05, 0.1) is 48.7 Å². The maximum Gasteiger partial charge on any atom is 0.338 e. The van der Waals surface area contributed by atoms with Gasteiger partial charge >= 0.3 is 11.9 Å². The highest BCUT2D eigenvalue weighted by Crippen LogP contribution is 2.31. The van der Waals surface area contributed by atoms with Crippen LogP contribution in [0.15, 0.2) is 93.9 Å². The maximum absolute atomic E-state index is 13.8. The van der Waals surface area contributed by atoms with Gasteiger partial charge in [-0.15, -0.1) is 0 Å². The van der Waals surface area contributed by atoms with Crippen LogP contribution < -0.4 is 24.4 Å². The van der Waals surface area contributed by atoms with Crippen LogP contribution in [0.3, 0.4) is 0 Å². The lowest BCUT2D eigenvalue weighted by molar-refractivity contribution is -0.136. The molecular weight excluding hydrogens is 556 g/mol. The number of hydrogen-bond donors (Lipinski definition) is 0. The number of aromatic nitrogens is 1. The van der Waals surface area contributed by atoms with Gasteiger partial charge in [0.15, 0.2) is 16.3 Å². The first-order valence-electron chi connectivity index (χ1n) is 13.0. The Bertz CT molecular complexity index is 1860. The van der Waals surface area contributed by atoms with Crippen molar-refractivity contribution in [3.63, 3.8) is 0 Å². The molecule has 9 nitrogen and oxygen atoms in total. The Labute approximate surface area is 245 Å². The summed E-state index contributed by atoms with van der Waals surface area (Å²) in [6.45, 7) is 2.09. The highest BCUT2D eigenvalue weighted by Gasteiger charge is 2.33. The molecule has 1 unspecified atom stereocenters. The van der Waals surface area contributed by atoms with Gasteiger partial charge in [0.25, 0.3) is 5.56 Å². The average Bonchev–Trinajstić information content (AvgIpc) is 3.33. The predicted molar refractivity (Wildman–Crippen MR) is 157 cm³/mol. The number of allylic oxidation sites excluding steroid dienone is 1. The first-order valence-corrected chi connectivity index (χ1v) is 13.8. The molecule has 10 heteroatoms. The third-order valence-electron chi connectivity index (χ3n) is 6.80. The van der Waals surface area contributed by atoms with Crippen LogP contribution >= 0.6 is 11.3 Å². The summed E-state index contributed by atoms with van der Waals surface area (Å²) in [7, 11) is 4.15. The molecule has 0 saturated carbocycles. The zero-order valence-electron chi connectivity index (χ0n) is 23.5. The van der Waals surface area contributed by atoms with Crippen molar-refractivity contribution in [1.29, 1.82) is 0 Å². The Morgan fingerprint density at radius 1 is 0.929 bits per heavy atom. The number of esters is 2. The Morgan fingerprint density at radius 3 is 2.31 bits per heavy atom. The van der Waals surface area contributed by atoms with Crippen molar-refractivity contribution in [1.82, 2.24) is 4.57 Å². The van der Waals surface area contributed by atoms with Crippen LogP contribution in [0.25, 0.3) is 6.08 Å². The Hall–Kier alpha value is -4.96. The van der Waals surface area contributed by atoms with E-state index >= 15 is 0 Å². The molecule has 42 heavy (non-hydrogen) atoms. The third kappa shape index (κ3) is 5.61. The molecule has 0 fully saturated rings. The fraction of sp³-hybridized carbons (Fsp3) is 0.188. The molecule has 4 aromatic rings. The van der Waals surface area contributed by atoms with E-state index in [1.165, 1.54) is 30.1 Å². The van der Waals surface area contributed by atoms with Gasteiger partial charge in [0, 0.05) is 0 Å². The molecule has 0 N–H and O–H groups in total. The first-order chi connectivity index (χ1) is 20.3. The van der Waals surface area contributed by atoms with Crippen molar-refractivity contribution in [2.45, 2.75) is 19.6 Å². The number of benzene rings is 3. The zero-order chi connectivity index (χ0) is 29.8. The first kappa shape index (κ1) is 28.6. The second-order valence-corrected chi connectivity index (χ2v) is 10.4. The number of thiazole rings is 1. The predicted octanol–water partition coefficient (Wildman–Crippen LogP) is 3.78. The fourth-order valence-electron chi connectivity index (χ4n) is 4.71. The number of rotatable bonds is 8. The molecular formula is C32H28N2O7S. The lowest BCUT2D eigenvalue weighted by Crippen LogP contribution is -2.39.